The molecule has 0 aromatic heterocycles. The number of hydrazone groups is 1. The molecule has 0 aliphatic carbocycles. The molecule has 0 spiro atoms. The summed E-state index contributed by atoms with van der Waals surface area (Å²) >= 11 is 1.68. The van der Waals surface area contributed by atoms with Gasteiger partial charge in [-0.2, -0.15) is 5.10 Å². The van der Waals surface area contributed by atoms with E-state index in [-0.39, 0.29) is 12.5 Å². The molecule has 2 aromatic rings. The first-order valence-electron chi connectivity index (χ1n) is 7.24. The maximum Gasteiger partial charge on any atom is 0.277 e. The van der Waals surface area contributed by atoms with Gasteiger partial charge in [-0.3, -0.25) is 4.79 Å². The lowest BCUT2D eigenvalue weighted by molar-refractivity contribution is -0.123. The fourth-order valence-corrected chi connectivity index (χ4v) is 2.41. The number of carbonyl (C=O) groups excluding carboxylic acids is 1. The summed E-state index contributed by atoms with van der Waals surface area (Å²) in [4.78, 5) is 12.9. The topological polar surface area (TPSA) is 50.7 Å². The molecule has 5 heteroatoms. The Labute approximate surface area is 140 Å². The monoisotopic (exact) mass is 328 g/mol. The molecular formula is C18H20N2O2S. The third kappa shape index (κ3) is 5.45. The van der Waals surface area contributed by atoms with E-state index in [2.05, 4.69) is 10.5 Å². The highest BCUT2D eigenvalue weighted by Gasteiger charge is 2.04. The first kappa shape index (κ1) is 17.1. The lowest BCUT2D eigenvalue weighted by Gasteiger charge is -2.08. The molecule has 2 aromatic carbocycles. The van der Waals surface area contributed by atoms with Crippen LogP contribution in [0, 0.1) is 13.8 Å². The number of hydrogen-bond donors (Lipinski definition) is 1. The van der Waals surface area contributed by atoms with Crippen LogP contribution in [0.3, 0.4) is 0 Å². The van der Waals surface area contributed by atoms with Crippen molar-refractivity contribution in [1.82, 2.24) is 5.43 Å². The Balaban J connectivity index is 1.81. The standard InChI is InChI=1S/C18H20N2O2S/c1-13-4-9-17(14(2)10-13)22-12-18(21)20-19-11-15-5-7-16(23-3)8-6-15/h4-11H,12H2,1-3H3,(H,20,21). The molecule has 4 nitrogen and oxygen atoms in total. The van der Waals surface area contributed by atoms with E-state index in [1.807, 2.05) is 62.6 Å². The summed E-state index contributed by atoms with van der Waals surface area (Å²) < 4.78 is 5.50. The van der Waals surface area contributed by atoms with E-state index >= 15 is 0 Å². The number of benzene rings is 2. The summed E-state index contributed by atoms with van der Waals surface area (Å²) in [5.41, 5.74) is 5.56. The lowest BCUT2D eigenvalue weighted by atomic mass is 10.1. The van der Waals surface area contributed by atoms with Crippen LogP contribution in [0.25, 0.3) is 0 Å². The van der Waals surface area contributed by atoms with Crippen molar-refractivity contribution in [1.29, 1.82) is 0 Å². The molecular weight excluding hydrogens is 308 g/mol. The van der Waals surface area contributed by atoms with Crippen LogP contribution in [0.1, 0.15) is 16.7 Å². The van der Waals surface area contributed by atoms with Crippen LogP contribution in [0.15, 0.2) is 52.5 Å². The highest BCUT2D eigenvalue weighted by atomic mass is 32.2. The number of nitrogens with one attached hydrogen (secondary N) is 1. The van der Waals surface area contributed by atoms with E-state index < -0.39 is 0 Å². The molecule has 0 unspecified atom stereocenters. The minimum atomic E-state index is -0.290. The predicted octanol–water partition coefficient (Wildman–Crippen LogP) is 3.55. The summed E-state index contributed by atoms with van der Waals surface area (Å²) in [6.07, 6.45) is 3.64. The molecule has 0 radical (unpaired) electrons. The number of carbonyl (C=O) groups is 1. The van der Waals surface area contributed by atoms with E-state index in [1.165, 1.54) is 4.90 Å². The number of hydrogen-bond acceptors (Lipinski definition) is 4. The molecule has 1 amide bonds. The van der Waals surface area contributed by atoms with Crippen LogP contribution < -0.4 is 10.2 Å². The van der Waals surface area contributed by atoms with Gasteiger partial charge < -0.3 is 4.74 Å². The molecule has 120 valence electrons. The normalized spacial score (nSPS) is 10.7. The summed E-state index contributed by atoms with van der Waals surface area (Å²) in [6, 6.07) is 13.8. The Hall–Kier alpha value is -2.27. The lowest BCUT2D eigenvalue weighted by Crippen LogP contribution is -2.24. The van der Waals surface area contributed by atoms with Gasteiger partial charge in [-0.15, -0.1) is 11.8 Å². The first-order valence-corrected chi connectivity index (χ1v) is 8.47. The minimum Gasteiger partial charge on any atom is -0.483 e. The van der Waals surface area contributed by atoms with Gasteiger partial charge in [0.25, 0.3) is 5.91 Å². The maximum atomic E-state index is 11.7. The van der Waals surface area contributed by atoms with E-state index in [1.54, 1.807) is 18.0 Å². The molecule has 23 heavy (non-hydrogen) atoms. The van der Waals surface area contributed by atoms with Crippen molar-refractivity contribution in [3.63, 3.8) is 0 Å². The smallest absolute Gasteiger partial charge is 0.277 e. The largest absolute Gasteiger partial charge is 0.483 e. The highest BCUT2D eigenvalue weighted by molar-refractivity contribution is 7.98. The molecule has 0 heterocycles. The number of nitrogens with zero attached hydrogens (tertiary/aromatic N) is 1. The molecule has 0 bridgehead atoms. The Morgan fingerprint density at radius 2 is 1.96 bits per heavy atom. The Morgan fingerprint density at radius 3 is 2.61 bits per heavy atom. The summed E-state index contributed by atoms with van der Waals surface area (Å²) in [7, 11) is 0. The maximum absolute atomic E-state index is 11.7. The van der Waals surface area contributed by atoms with Gasteiger partial charge in [-0.25, -0.2) is 5.43 Å². The second kappa shape index (κ2) is 8.39. The average Bonchev–Trinajstić information content (AvgIpc) is 2.54. The van der Waals surface area contributed by atoms with Crippen LogP contribution in [0.4, 0.5) is 0 Å². The average molecular weight is 328 g/mol. The molecule has 0 fully saturated rings. The van der Waals surface area contributed by atoms with Crippen LogP contribution in [-0.2, 0) is 4.79 Å². The fraction of sp³-hybridized carbons (Fsp3) is 0.222. The molecule has 1 N–H and O–H groups in total. The molecule has 0 aliphatic heterocycles. The Kier molecular flexibility index (Phi) is 6.23. The van der Waals surface area contributed by atoms with Gasteiger partial charge in [0.2, 0.25) is 0 Å². The van der Waals surface area contributed by atoms with Crippen molar-refractivity contribution in [2.45, 2.75) is 18.7 Å². The molecule has 0 atom stereocenters. The zero-order valence-electron chi connectivity index (χ0n) is 13.5. The van der Waals surface area contributed by atoms with E-state index in [4.69, 9.17) is 4.74 Å². The van der Waals surface area contributed by atoms with E-state index in [0.29, 0.717) is 5.75 Å². The number of amides is 1. The van der Waals surface area contributed by atoms with Crippen LogP contribution in [0.5, 0.6) is 5.75 Å². The number of rotatable bonds is 6. The van der Waals surface area contributed by atoms with Gasteiger partial charge in [0, 0.05) is 4.90 Å². The highest BCUT2D eigenvalue weighted by Crippen LogP contribution is 2.18. The van der Waals surface area contributed by atoms with Crippen molar-refractivity contribution in [3.8, 4) is 5.75 Å². The van der Waals surface area contributed by atoms with Gasteiger partial charge in [-0.05, 0) is 49.4 Å². The van der Waals surface area contributed by atoms with Crippen molar-refractivity contribution < 1.29 is 9.53 Å². The van der Waals surface area contributed by atoms with Gasteiger partial charge >= 0.3 is 0 Å². The molecule has 0 aliphatic rings. The number of aryl methyl sites for hydroxylation is 2. The quantitative estimate of drug-likeness (QED) is 0.501. The van der Waals surface area contributed by atoms with Crippen molar-refractivity contribution in [2.24, 2.45) is 5.10 Å². The Morgan fingerprint density at radius 1 is 1.22 bits per heavy atom. The number of thioether (sulfide) groups is 1. The zero-order valence-corrected chi connectivity index (χ0v) is 14.3. The van der Waals surface area contributed by atoms with Gasteiger partial charge in [0.15, 0.2) is 6.61 Å². The molecule has 0 saturated carbocycles. The van der Waals surface area contributed by atoms with Crippen molar-refractivity contribution in [2.75, 3.05) is 12.9 Å². The molecule has 2 rings (SSSR count). The van der Waals surface area contributed by atoms with E-state index in [9.17, 15) is 4.79 Å². The summed E-state index contributed by atoms with van der Waals surface area (Å²) in [5.74, 6) is 0.421. The second-order valence-corrected chi connectivity index (χ2v) is 6.00. The van der Waals surface area contributed by atoms with Crippen molar-refractivity contribution >= 4 is 23.9 Å². The summed E-state index contributed by atoms with van der Waals surface area (Å²) in [6.45, 7) is 3.91. The third-order valence-corrected chi connectivity index (χ3v) is 3.95. The van der Waals surface area contributed by atoms with Crippen LogP contribution in [0.2, 0.25) is 0 Å². The zero-order chi connectivity index (χ0) is 16.7. The fourth-order valence-electron chi connectivity index (χ4n) is 2.01. The molecule has 0 saturated heterocycles. The van der Waals surface area contributed by atoms with Gasteiger partial charge in [0.1, 0.15) is 5.75 Å². The predicted molar refractivity (Wildman–Crippen MR) is 95.4 cm³/mol. The number of ether oxygens (including phenoxy) is 1. The van der Waals surface area contributed by atoms with Gasteiger partial charge in [0.05, 0.1) is 6.21 Å². The Bertz CT molecular complexity index is 697. The third-order valence-electron chi connectivity index (χ3n) is 3.21. The van der Waals surface area contributed by atoms with Crippen LogP contribution >= 0.6 is 11.8 Å². The first-order chi connectivity index (χ1) is 11.1. The minimum absolute atomic E-state index is 0.0628. The van der Waals surface area contributed by atoms with Crippen LogP contribution in [-0.4, -0.2) is 25.0 Å². The second-order valence-electron chi connectivity index (χ2n) is 5.12. The van der Waals surface area contributed by atoms with Crippen molar-refractivity contribution in [3.05, 3.63) is 59.2 Å². The SMILES string of the molecule is CSc1ccc(C=NNC(=O)COc2ccc(C)cc2C)cc1. The van der Waals surface area contributed by atoms with Gasteiger partial charge in [-0.1, -0.05) is 29.8 Å². The van der Waals surface area contributed by atoms with E-state index in [0.717, 1.165) is 16.7 Å². The summed E-state index contributed by atoms with van der Waals surface area (Å²) in [5, 5.41) is 3.93.